The maximum atomic E-state index is 15.6. The molecule has 2 saturated heterocycles. The van der Waals surface area contributed by atoms with E-state index in [4.69, 9.17) is 9.47 Å². The van der Waals surface area contributed by atoms with Gasteiger partial charge in [0.05, 0.1) is 19.8 Å². The molecule has 4 heterocycles. The van der Waals surface area contributed by atoms with Crippen molar-refractivity contribution in [3.63, 3.8) is 0 Å². The Balaban J connectivity index is 1.14. The lowest BCUT2D eigenvalue weighted by molar-refractivity contribution is -0.136. The van der Waals surface area contributed by atoms with Gasteiger partial charge in [-0.3, -0.25) is 29.4 Å². The third-order valence-electron chi connectivity index (χ3n) is 8.59. The largest absolute Gasteiger partial charge is 0.496 e. The second-order valence-electron chi connectivity index (χ2n) is 11.8. The Morgan fingerprint density at radius 2 is 1.73 bits per heavy atom. The number of rotatable bonds is 6. The molecule has 1 unspecified atom stereocenters. The molecule has 232 valence electrons. The van der Waals surface area contributed by atoms with Crippen LogP contribution in [0.4, 0.5) is 4.39 Å². The number of piperidine rings is 1. The minimum Gasteiger partial charge on any atom is -0.496 e. The zero-order valence-corrected chi connectivity index (χ0v) is 25.5. The highest BCUT2D eigenvalue weighted by molar-refractivity contribution is 6.05. The minimum atomic E-state index is -1.73. The first-order valence-corrected chi connectivity index (χ1v) is 14.6. The number of fused-ring (bicyclic) bond motifs is 1. The Morgan fingerprint density at radius 1 is 1.02 bits per heavy atom. The van der Waals surface area contributed by atoms with Crippen LogP contribution in [0.25, 0.3) is 11.1 Å². The van der Waals surface area contributed by atoms with Crippen LogP contribution in [0.1, 0.15) is 45.5 Å². The molecule has 1 aromatic heterocycles. The monoisotopic (exact) mass is 612 g/mol. The fourth-order valence-electron chi connectivity index (χ4n) is 6.24. The van der Waals surface area contributed by atoms with E-state index in [-0.39, 0.29) is 49.8 Å². The summed E-state index contributed by atoms with van der Waals surface area (Å²) in [6.45, 7) is 2.60. The number of hydrogen-bond acceptors (Lipinski definition) is 7. The Bertz CT molecular complexity index is 1810. The van der Waals surface area contributed by atoms with Gasteiger partial charge in [0.2, 0.25) is 11.8 Å². The van der Waals surface area contributed by atoms with E-state index in [2.05, 4.69) is 17.2 Å². The predicted octanol–water partition coefficient (Wildman–Crippen LogP) is 2.71. The first-order chi connectivity index (χ1) is 21.5. The number of imide groups is 1. The molecule has 3 aliphatic rings. The molecule has 0 saturated carbocycles. The van der Waals surface area contributed by atoms with E-state index in [0.29, 0.717) is 34.7 Å². The van der Waals surface area contributed by atoms with Crippen LogP contribution in [0.15, 0.2) is 47.4 Å². The van der Waals surface area contributed by atoms with Gasteiger partial charge in [0.15, 0.2) is 5.67 Å². The first kappa shape index (κ1) is 30.1. The van der Waals surface area contributed by atoms with Gasteiger partial charge in [0, 0.05) is 62.5 Å². The average Bonchev–Trinajstić information content (AvgIpc) is 3.32. The highest BCUT2D eigenvalue weighted by Gasteiger charge is 2.43. The van der Waals surface area contributed by atoms with Crippen molar-refractivity contribution in [2.45, 2.75) is 44.6 Å². The van der Waals surface area contributed by atoms with Crippen molar-refractivity contribution in [3.8, 4) is 34.5 Å². The van der Waals surface area contributed by atoms with Crippen molar-refractivity contribution in [2.24, 2.45) is 7.05 Å². The second kappa shape index (κ2) is 11.5. The molecule has 1 N–H and O–H groups in total. The lowest BCUT2D eigenvalue weighted by Gasteiger charge is -2.41. The number of pyridine rings is 1. The number of amides is 3. The van der Waals surface area contributed by atoms with Crippen molar-refractivity contribution < 1.29 is 28.2 Å². The number of nitrogens with zero attached hydrogens (tertiary/aromatic N) is 3. The normalized spacial score (nSPS) is 18.9. The molecule has 1 atom stereocenters. The van der Waals surface area contributed by atoms with Gasteiger partial charge >= 0.3 is 0 Å². The summed E-state index contributed by atoms with van der Waals surface area (Å²) in [5.74, 6) is 5.72. The number of aryl methyl sites for hydroxylation is 2. The van der Waals surface area contributed by atoms with Crippen LogP contribution in [0.3, 0.4) is 0 Å². The summed E-state index contributed by atoms with van der Waals surface area (Å²) in [4.78, 5) is 52.5. The molecule has 10 nitrogen and oxygen atoms in total. The number of aromatic nitrogens is 1. The van der Waals surface area contributed by atoms with E-state index in [1.807, 2.05) is 23.1 Å². The third kappa shape index (κ3) is 5.69. The minimum absolute atomic E-state index is 0.0639. The van der Waals surface area contributed by atoms with Gasteiger partial charge in [-0.15, -0.1) is 0 Å². The topological polar surface area (TPSA) is 110 Å². The maximum Gasteiger partial charge on any atom is 0.255 e. The summed E-state index contributed by atoms with van der Waals surface area (Å²) in [6.07, 6.45) is 2.24. The number of likely N-dealkylation sites (tertiary alicyclic amines) is 1. The Kier molecular flexibility index (Phi) is 7.70. The van der Waals surface area contributed by atoms with Gasteiger partial charge in [-0.25, -0.2) is 4.39 Å². The number of hydrogen-bond donors (Lipinski definition) is 1. The highest BCUT2D eigenvalue weighted by Crippen LogP contribution is 2.38. The molecule has 0 spiro atoms. The van der Waals surface area contributed by atoms with Gasteiger partial charge in [0.25, 0.3) is 11.5 Å². The van der Waals surface area contributed by atoms with Crippen LogP contribution in [-0.4, -0.2) is 71.1 Å². The molecule has 6 rings (SSSR count). The lowest BCUT2D eigenvalue weighted by Crippen LogP contribution is -2.57. The SMILES string of the molecule is COc1cc(-c2cc(C)c(=O)n(C)c2)cc(OC)c1CN1CC(F)(C#Cc2ccc3c(c2)C(=O)N(C2CCC(=O)NC2=O)C3)C1. The van der Waals surface area contributed by atoms with Crippen molar-refractivity contribution in [3.05, 3.63) is 80.8 Å². The molecule has 2 fully saturated rings. The number of ether oxygens (including phenoxy) is 2. The molecule has 0 bridgehead atoms. The van der Waals surface area contributed by atoms with Gasteiger partial charge in [-0.2, -0.15) is 0 Å². The van der Waals surface area contributed by atoms with Crippen molar-refractivity contribution in [1.29, 1.82) is 0 Å². The fourth-order valence-corrected chi connectivity index (χ4v) is 6.24. The summed E-state index contributed by atoms with van der Waals surface area (Å²) in [5.41, 5.74) is 2.99. The molecule has 0 aliphatic carbocycles. The molecule has 2 aromatic carbocycles. The summed E-state index contributed by atoms with van der Waals surface area (Å²) in [5, 5.41) is 2.30. The molecular formula is C34H33FN4O6. The van der Waals surface area contributed by atoms with E-state index < -0.39 is 17.6 Å². The zero-order valence-electron chi connectivity index (χ0n) is 25.5. The van der Waals surface area contributed by atoms with E-state index >= 15 is 4.39 Å². The summed E-state index contributed by atoms with van der Waals surface area (Å²) >= 11 is 0. The highest BCUT2D eigenvalue weighted by atomic mass is 19.1. The van der Waals surface area contributed by atoms with Crippen LogP contribution in [0, 0.1) is 18.8 Å². The fraction of sp³-hybridized carbons (Fsp3) is 0.353. The predicted molar refractivity (Wildman–Crippen MR) is 163 cm³/mol. The number of nitrogens with one attached hydrogen (secondary N) is 1. The standard InChI is InChI=1S/C34H33FN4O6/c1-20-11-24(15-37(2)32(20)42)23-13-28(44-3)26(29(14-23)45-4)17-38-18-34(35,19-38)10-9-21-5-6-22-16-39(33(43)25(22)12-21)27-7-8-30(40)36-31(27)41/h5-6,11-15,27H,7-8,16-19H2,1-4H3,(H,36,40,41). The number of carbonyl (C=O) groups excluding carboxylic acids is 3. The molecule has 3 amide bonds. The lowest BCUT2D eigenvalue weighted by atomic mass is 9.94. The number of alkyl halides is 1. The van der Waals surface area contributed by atoms with E-state index in [9.17, 15) is 19.2 Å². The Labute approximate surface area is 259 Å². The van der Waals surface area contributed by atoms with Crippen LogP contribution in [0.2, 0.25) is 0 Å². The van der Waals surface area contributed by atoms with Crippen molar-refractivity contribution in [1.82, 2.24) is 19.7 Å². The van der Waals surface area contributed by atoms with Crippen molar-refractivity contribution in [2.75, 3.05) is 27.3 Å². The van der Waals surface area contributed by atoms with Crippen LogP contribution < -0.4 is 20.3 Å². The van der Waals surface area contributed by atoms with Crippen LogP contribution >= 0.6 is 0 Å². The molecule has 45 heavy (non-hydrogen) atoms. The van der Waals surface area contributed by atoms with Crippen LogP contribution in [0.5, 0.6) is 11.5 Å². The number of methoxy groups -OCH3 is 2. The number of benzene rings is 2. The average molecular weight is 613 g/mol. The second-order valence-corrected chi connectivity index (χ2v) is 11.8. The van der Waals surface area contributed by atoms with E-state index in [1.165, 1.54) is 9.47 Å². The van der Waals surface area contributed by atoms with Gasteiger partial charge in [-0.05, 0) is 60.4 Å². The maximum absolute atomic E-state index is 15.6. The Morgan fingerprint density at radius 3 is 2.38 bits per heavy atom. The molecule has 3 aromatic rings. The smallest absolute Gasteiger partial charge is 0.255 e. The number of halogens is 1. The molecular weight excluding hydrogens is 579 g/mol. The Hall–Kier alpha value is -4.95. The molecule has 3 aliphatic heterocycles. The van der Waals surface area contributed by atoms with Gasteiger partial charge in [-0.1, -0.05) is 17.9 Å². The summed E-state index contributed by atoms with van der Waals surface area (Å²) in [6, 6.07) is 10.1. The summed E-state index contributed by atoms with van der Waals surface area (Å²) in [7, 11) is 4.85. The zero-order chi connectivity index (χ0) is 32.0. The van der Waals surface area contributed by atoms with Crippen molar-refractivity contribution >= 4 is 17.7 Å². The van der Waals surface area contributed by atoms with Gasteiger partial charge < -0.3 is 18.9 Å². The summed E-state index contributed by atoms with van der Waals surface area (Å²) < 4.78 is 28.5. The van der Waals surface area contributed by atoms with Crippen LogP contribution in [-0.2, 0) is 29.7 Å². The van der Waals surface area contributed by atoms with Gasteiger partial charge in [0.1, 0.15) is 17.5 Å². The third-order valence-corrected chi connectivity index (χ3v) is 8.59. The molecule has 11 heteroatoms. The van der Waals surface area contributed by atoms with E-state index in [1.54, 1.807) is 52.6 Å². The molecule has 0 radical (unpaired) electrons. The first-order valence-electron chi connectivity index (χ1n) is 14.6. The van der Waals surface area contributed by atoms with E-state index in [0.717, 1.165) is 22.3 Å². The number of carbonyl (C=O) groups is 3. The quantitative estimate of drug-likeness (QED) is 0.337.